The van der Waals surface area contributed by atoms with Gasteiger partial charge in [-0.1, -0.05) is 0 Å². The molecule has 2 rings (SSSR count). The Morgan fingerprint density at radius 2 is 2.05 bits per heavy atom. The van der Waals surface area contributed by atoms with Crippen LogP contribution in [0.1, 0.15) is 6.92 Å². The Bertz CT molecular complexity index is 700. The lowest BCUT2D eigenvalue weighted by Crippen LogP contribution is -2.36. The molecule has 7 heteroatoms. The number of amides is 1. The Labute approximate surface area is 121 Å². The molecule has 0 aliphatic rings. The molecule has 1 aromatic carbocycles. The van der Waals surface area contributed by atoms with E-state index in [1.807, 2.05) is 0 Å². The normalized spacial score (nSPS) is 12.0. The van der Waals surface area contributed by atoms with Crippen molar-refractivity contribution in [3.8, 4) is 0 Å². The fraction of sp³-hybridized carbons (Fsp3) is 0.286. The third-order valence-corrected chi connectivity index (χ3v) is 3.17. The van der Waals surface area contributed by atoms with Gasteiger partial charge in [0, 0.05) is 43.6 Å². The first kappa shape index (κ1) is 14.7. The Balaban J connectivity index is 2.45. The topological polar surface area (TPSA) is 88.4 Å². The number of carbonyl (C=O) groups excluding carboxylic acids is 1. The maximum absolute atomic E-state index is 11.9. The van der Waals surface area contributed by atoms with Crippen LogP contribution in [0, 0.1) is 10.1 Å². The summed E-state index contributed by atoms with van der Waals surface area (Å²) in [5.41, 5.74) is 0.663. The number of hydrogen-bond donors (Lipinski definition) is 1. The number of rotatable bonds is 4. The number of nitrogens with zero attached hydrogens (tertiary/aromatic N) is 3. The van der Waals surface area contributed by atoms with Crippen molar-refractivity contribution in [1.82, 2.24) is 9.88 Å². The van der Waals surface area contributed by atoms with E-state index >= 15 is 0 Å². The highest BCUT2D eigenvalue weighted by atomic mass is 16.6. The minimum atomic E-state index is -0.442. The number of nitro benzene ring substituents is 1. The molecule has 0 bridgehead atoms. The molecule has 1 heterocycles. The number of nitrogens with one attached hydrogen (secondary N) is 1. The summed E-state index contributed by atoms with van der Waals surface area (Å²) in [6.45, 7) is 1.75. The maximum atomic E-state index is 11.9. The molecule has 1 aromatic heterocycles. The average Bonchev–Trinajstić information content (AvgIpc) is 2.46. The molecule has 0 saturated heterocycles. The maximum Gasteiger partial charge on any atom is 0.278 e. The van der Waals surface area contributed by atoms with E-state index in [-0.39, 0.29) is 11.6 Å². The number of carbonyl (C=O) groups is 1. The smallest absolute Gasteiger partial charge is 0.278 e. The zero-order chi connectivity index (χ0) is 15.6. The van der Waals surface area contributed by atoms with Crippen LogP contribution in [0.5, 0.6) is 0 Å². The summed E-state index contributed by atoms with van der Waals surface area (Å²) >= 11 is 0. The number of nitro groups is 1. The van der Waals surface area contributed by atoms with E-state index in [9.17, 15) is 14.9 Å². The van der Waals surface area contributed by atoms with Gasteiger partial charge >= 0.3 is 0 Å². The molecule has 2 aromatic rings. The average molecular weight is 288 g/mol. The summed E-state index contributed by atoms with van der Waals surface area (Å²) in [5.74, 6) is -0.0736. The molecule has 0 saturated carbocycles. The summed E-state index contributed by atoms with van der Waals surface area (Å²) in [4.78, 5) is 27.9. The molecular formula is C14H16N4O3. The van der Waals surface area contributed by atoms with Crippen molar-refractivity contribution in [1.29, 1.82) is 0 Å². The van der Waals surface area contributed by atoms with Crippen LogP contribution in [-0.2, 0) is 4.79 Å². The molecule has 0 spiro atoms. The van der Waals surface area contributed by atoms with Crippen molar-refractivity contribution >= 4 is 28.1 Å². The van der Waals surface area contributed by atoms with Gasteiger partial charge in [0.2, 0.25) is 5.91 Å². The third-order valence-electron chi connectivity index (χ3n) is 3.17. The van der Waals surface area contributed by atoms with Gasteiger partial charge < -0.3 is 10.2 Å². The lowest BCUT2D eigenvalue weighted by molar-refractivity contribution is -0.383. The molecule has 0 fully saturated rings. The number of aromatic nitrogens is 1. The summed E-state index contributed by atoms with van der Waals surface area (Å²) in [5, 5.41) is 15.2. The van der Waals surface area contributed by atoms with E-state index in [4.69, 9.17) is 0 Å². The van der Waals surface area contributed by atoms with Crippen LogP contribution in [0.25, 0.3) is 10.8 Å². The number of hydrogen-bond acceptors (Lipinski definition) is 5. The molecule has 21 heavy (non-hydrogen) atoms. The van der Waals surface area contributed by atoms with Crippen LogP contribution in [0.4, 0.5) is 11.4 Å². The van der Waals surface area contributed by atoms with Crippen LogP contribution in [-0.4, -0.2) is 40.9 Å². The minimum absolute atomic E-state index is 0.00441. The Morgan fingerprint density at radius 1 is 1.33 bits per heavy atom. The minimum Gasteiger partial charge on any atom is -0.373 e. The van der Waals surface area contributed by atoms with E-state index in [1.165, 1.54) is 17.2 Å². The van der Waals surface area contributed by atoms with Crippen molar-refractivity contribution in [3.63, 3.8) is 0 Å². The van der Waals surface area contributed by atoms with Gasteiger partial charge in [0.1, 0.15) is 6.04 Å². The summed E-state index contributed by atoms with van der Waals surface area (Å²) in [6.07, 6.45) is 3.02. The highest BCUT2D eigenvalue weighted by molar-refractivity contribution is 6.00. The molecule has 110 valence electrons. The summed E-state index contributed by atoms with van der Waals surface area (Å²) < 4.78 is 0. The summed E-state index contributed by atoms with van der Waals surface area (Å²) in [7, 11) is 3.36. The molecule has 1 N–H and O–H groups in total. The van der Waals surface area contributed by atoms with Gasteiger partial charge in [-0.25, -0.2) is 0 Å². The van der Waals surface area contributed by atoms with Crippen molar-refractivity contribution < 1.29 is 9.72 Å². The second-order valence-corrected chi connectivity index (χ2v) is 4.91. The van der Waals surface area contributed by atoms with E-state index in [2.05, 4.69) is 10.3 Å². The zero-order valence-electron chi connectivity index (χ0n) is 12.0. The monoisotopic (exact) mass is 288 g/mol. The Kier molecular flexibility index (Phi) is 4.02. The number of likely N-dealkylation sites (N-methyl/N-ethyl adjacent to an activating group) is 1. The van der Waals surface area contributed by atoms with Crippen LogP contribution in [0.3, 0.4) is 0 Å². The predicted octanol–water partition coefficient (Wildman–Crippen LogP) is 2.03. The van der Waals surface area contributed by atoms with E-state index < -0.39 is 11.0 Å². The summed E-state index contributed by atoms with van der Waals surface area (Å²) in [6, 6.07) is 4.29. The SMILES string of the molecule is C[C@H](Nc1ccc([N+](=O)[O-])c2cnccc12)C(=O)N(C)C. The fourth-order valence-corrected chi connectivity index (χ4v) is 2.14. The largest absolute Gasteiger partial charge is 0.373 e. The highest BCUT2D eigenvalue weighted by Gasteiger charge is 2.18. The molecular weight excluding hydrogens is 272 g/mol. The van der Waals surface area contributed by atoms with E-state index in [0.717, 1.165) is 0 Å². The molecule has 1 amide bonds. The number of benzene rings is 1. The quantitative estimate of drug-likeness (QED) is 0.687. The molecule has 7 nitrogen and oxygen atoms in total. The van der Waals surface area contributed by atoms with Crippen LogP contribution in [0.2, 0.25) is 0 Å². The van der Waals surface area contributed by atoms with Gasteiger partial charge in [-0.2, -0.15) is 0 Å². The molecule has 0 radical (unpaired) electrons. The van der Waals surface area contributed by atoms with Crippen LogP contribution < -0.4 is 5.32 Å². The molecule has 0 aliphatic heterocycles. The Morgan fingerprint density at radius 3 is 2.67 bits per heavy atom. The van der Waals surface area contributed by atoms with Crippen molar-refractivity contribution in [3.05, 3.63) is 40.7 Å². The highest BCUT2D eigenvalue weighted by Crippen LogP contribution is 2.31. The zero-order valence-corrected chi connectivity index (χ0v) is 12.0. The standard InChI is InChI=1S/C14H16N4O3/c1-9(14(19)17(2)3)16-12-4-5-13(18(20)21)11-8-15-7-6-10(11)12/h4-9,16H,1-3H3/t9-/m0/s1. The first-order valence-electron chi connectivity index (χ1n) is 6.40. The number of pyridine rings is 1. The van der Waals surface area contributed by atoms with Gasteiger partial charge in [-0.05, 0) is 19.1 Å². The van der Waals surface area contributed by atoms with Crippen LogP contribution >= 0.6 is 0 Å². The fourth-order valence-electron chi connectivity index (χ4n) is 2.14. The third kappa shape index (κ3) is 2.91. The molecule has 0 unspecified atom stereocenters. The number of fused-ring (bicyclic) bond motifs is 1. The van der Waals surface area contributed by atoms with E-state index in [1.54, 1.807) is 39.3 Å². The lowest BCUT2D eigenvalue weighted by atomic mass is 10.1. The number of anilines is 1. The first-order valence-corrected chi connectivity index (χ1v) is 6.40. The number of non-ortho nitro benzene ring substituents is 1. The van der Waals surface area contributed by atoms with Crippen molar-refractivity contribution in [2.75, 3.05) is 19.4 Å². The van der Waals surface area contributed by atoms with Crippen molar-refractivity contribution in [2.24, 2.45) is 0 Å². The molecule has 1 atom stereocenters. The first-order chi connectivity index (χ1) is 9.91. The van der Waals surface area contributed by atoms with Gasteiger partial charge in [0.25, 0.3) is 5.69 Å². The Hall–Kier alpha value is -2.70. The molecule has 0 aliphatic carbocycles. The van der Waals surface area contributed by atoms with Gasteiger partial charge in [0.15, 0.2) is 0 Å². The van der Waals surface area contributed by atoms with Gasteiger partial charge in [-0.3, -0.25) is 19.9 Å². The van der Waals surface area contributed by atoms with Crippen LogP contribution in [0.15, 0.2) is 30.6 Å². The van der Waals surface area contributed by atoms with Gasteiger partial charge in [-0.15, -0.1) is 0 Å². The second kappa shape index (κ2) is 5.74. The predicted molar refractivity (Wildman–Crippen MR) is 80.2 cm³/mol. The van der Waals surface area contributed by atoms with Crippen molar-refractivity contribution in [2.45, 2.75) is 13.0 Å². The second-order valence-electron chi connectivity index (χ2n) is 4.91. The lowest BCUT2D eigenvalue weighted by Gasteiger charge is -2.19. The van der Waals surface area contributed by atoms with Gasteiger partial charge in [0.05, 0.1) is 10.3 Å². The van der Waals surface area contributed by atoms with E-state index in [0.29, 0.717) is 16.5 Å².